The number of fused-ring (bicyclic) bond motifs is 1. The predicted molar refractivity (Wildman–Crippen MR) is 72.9 cm³/mol. The second kappa shape index (κ2) is 5.39. The van der Waals surface area contributed by atoms with Crippen LogP contribution in [0.2, 0.25) is 0 Å². The van der Waals surface area contributed by atoms with Gasteiger partial charge in [-0.3, -0.25) is 4.90 Å². The van der Waals surface area contributed by atoms with E-state index < -0.39 is 0 Å². The van der Waals surface area contributed by atoms with Gasteiger partial charge in [-0.25, -0.2) is 0 Å². The van der Waals surface area contributed by atoms with Gasteiger partial charge in [0, 0.05) is 19.1 Å². The Morgan fingerprint density at radius 3 is 2.84 bits per heavy atom. The maximum Gasteiger partial charge on any atom is 0.161 e. The lowest BCUT2D eigenvalue weighted by Crippen LogP contribution is -2.29. The highest BCUT2D eigenvalue weighted by Crippen LogP contribution is 2.37. The quantitative estimate of drug-likeness (QED) is 0.900. The van der Waals surface area contributed by atoms with Gasteiger partial charge in [-0.05, 0) is 37.0 Å². The van der Waals surface area contributed by atoms with E-state index in [2.05, 4.69) is 24.0 Å². The molecule has 19 heavy (non-hydrogen) atoms. The van der Waals surface area contributed by atoms with E-state index >= 15 is 0 Å². The van der Waals surface area contributed by atoms with Crippen LogP contribution in [0.25, 0.3) is 0 Å². The molecule has 0 saturated carbocycles. The summed E-state index contributed by atoms with van der Waals surface area (Å²) < 4.78 is 11.2. The number of aliphatic hydroxyl groups is 1. The molecule has 0 bridgehead atoms. The summed E-state index contributed by atoms with van der Waals surface area (Å²) in [4.78, 5) is 2.35. The molecule has 4 heteroatoms. The standard InChI is InChI=1S/C15H21NO3/c1-11-8-13(10-16(11)4-5-17)12-2-3-14-15(9-12)19-7-6-18-14/h2-3,9,11,13,17H,4-8,10H2,1H3. The maximum atomic E-state index is 9.08. The van der Waals surface area contributed by atoms with Gasteiger partial charge < -0.3 is 14.6 Å². The summed E-state index contributed by atoms with van der Waals surface area (Å²) in [6.45, 7) is 5.51. The van der Waals surface area contributed by atoms with Crippen LogP contribution in [0.5, 0.6) is 11.5 Å². The Morgan fingerprint density at radius 2 is 2.05 bits per heavy atom. The molecule has 0 aliphatic carbocycles. The first-order chi connectivity index (χ1) is 9.28. The summed E-state index contributed by atoms with van der Waals surface area (Å²) in [6, 6.07) is 6.82. The van der Waals surface area contributed by atoms with Crippen molar-refractivity contribution in [3.05, 3.63) is 23.8 Å². The van der Waals surface area contributed by atoms with Crippen LogP contribution in [0.1, 0.15) is 24.8 Å². The zero-order valence-corrected chi connectivity index (χ0v) is 11.3. The molecule has 4 nitrogen and oxygen atoms in total. The van der Waals surface area contributed by atoms with Crippen LogP contribution in [0.3, 0.4) is 0 Å². The molecule has 1 fully saturated rings. The Morgan fingerprint density at radius 1 is 1.26 bits per heavy atom. The number of nitrogens with zero attached hydrogens (tertiary/aromatic N) is 1. The Bertz CT molecular complexity index is 449. The monoisotopic (exact) mass is 263 g/mol. The summed E-state index contributed by atoms with van der Waals surface area (Å²) in [5.74, 6) is 2.25. The highest BCUT2D eigenvalue weighted by atomic mass is 16.6. The van der Waals surface area contributed by atoms with Crippen molar-refractivity contribution in [1.29, 1.82) is 0 Å². The minimum Gasteiger partial charge on any atom is -0.486 e. The van der Waals surface area contributed by atoms with Gasteiger partial charge in [-0.2, -0.15) is 0 Å². The summed E-state index contributed by atoms with van der Waals surface area (Å²) in [6.07, 6.45) is 1.14. The molecule has 2 atom stereocenters. The highest BCUT2D eigenvalue weighted by molar-refractivity contribution is 5.45. The third-order valence-electron chi connectivity index (χ3n) is 4.13. The van der Waals surface area contributed by atoms with Crippen molar-refractivity contribution in [3.8, 4) is 11.5 Å². The second-order valence-corrected chi connectivity index (χ2v) is 5.40. The molecular weight excluding hydrogens is 242 g/mol. The van der Waals surface area contributed by atoms with Crippen molar-refractivity contribution in [2.45, 2.75) is 25.3 Å². The molecule has 1 N–H and O–H groups in total. The molecule has 1 aromatic rings. The van der Waals surface area contributed by atoms with Crippen molar-refractivity contribution in [2.75, 3.05) is 32.9 Å². The molecule has 2 unspecified atom stereocenters. The van der Waals surface area contributed by atoms with Crippen LogP contribution in [0.15, 0.2) is 18.2 Å². The third-order valence-corrected chi connectivity index (χ3v) is 4.13. The van der Waals surface area contributed by atoms with Crippen LogP contribution in [0.4, 0.5) is 0 Å². The number of benzene rings is 1. The molecule has 104 valence electrons. The lowest BCUT2D eigenvalue weighted by Gasteiger charge is -2.21. The number of aliphatic hydroxyl groups excluding tert-OH is 1. The van der Waals surface area contributed by atoms with E-state index in [1.807, 2.05) is 6.07 Å². The average molecular weight is 263 g/mol. The zero-order valence-electron chi connectivity index (χ0n) is 11.3. The number of ether oxygens (including phenoxy) is 2. The molecule has 1 aromatic carbocycles. The fraction of sp³-hybridized carbons (Fsp3) is 0.600. The van der Waals surface area contributed by atoms with Gasteiger partial charge in [0.15, 0.2) is 11.5 Å². The second-order valence-electron chi connectivity index (χ2n) is 5.40. The van der Waals surface area contributed by atoms with Crippen LogP contribution < -0.4 is 9.47 Å². The number of hydrogen-bond acceptors (Lipinski definition) is 4. The van der Waals surface area contributed by atoms with Crippen molar-refractivity contribution in [1.82, 2.24) is 4.90 Å². The lowest BCUT2D eigenvalue weighted by molar-refractivity contribution is 0.171. The maximum absolute atomic E-state index is 9.08. The molecule has 2 heterocycles. The van der Waals surface area contributed by atoms with E-state index in [0.717, 1.165) is 31.0 Å². The van der Waals surface area contributed by atoms with Crippen molar-refractivity contribution >= 4 is 0 Å². The molecule has 2 aliphatic heterocycles. The summed E-state index contributed by atoms with van der Waals surface area (Å²) in [5, 5.41) is 9.08. The zero-order chi connectivity index (χ0) is 13.2. The number of rotatable bonds is 3. The Balaban J connectivity index is 1.76. The normalized spacial score (nSPS) is 26.6. The van der Waals surface area contributed by atoms with Gasteiger partial charge in [0.2, 0.25) is 0 Å². The molecule has 0 amide bonds. The molecular formula is C15H21NO3. The van der Waals surface area contributed by atoms with E-state index in [0.29, 0.717) is 25.2 Å². The van der Waals surface area contributed by atoms with E-state index in [1.54, 1.807) is 0 Å². The van der Waals surface area contributed by atoms with Gasteiger partial charge in [0.1, 0.15) is 13.2 Å². The summed E-state index contributed by atoms with van der Waals surface area (Å²) >= 11 is 0. The number of hydrogen-bond donors (Lipinski definition) is 1. The average Bonchev–Trinajstić information content (AvgIpc) is 2.80. The van der Waals surface area contributed by atoms with E-state index in [9.17, 15) is 0 Å². The van der Waals surface area contributed by atoms with Gasteiger partial charge in [-0.15, -0.1) is 0 Å². The summed E-state index contributed by atoms with van der Waals surface area (Å²) in [5.41, 5.74) is 1.32. The topological polar surface area (TPSA) is 41.9 Å². The smallest absolute Gasteiger partial charge is 0.161 e. The van der Waals surface area contributed by atoms with E-state index in [4.69, 9.17) is 14.6 Å². The third kappa shape index (κ3) is 2.55. The van der Waals surface area contributed by atoms with Crippen molar-refractivity contribution < 1.29 is 14.6 Å². The van der Waals surface area contributed by atoms with Crippen LogP contribution in [0, 0.1) is 0 Å². The molecule has 0 aromatic heterocycles. The fourth-order valence-corrected chi connectivity index (χ4v) is 3.09. The minimum atomic E-state index is 0.234. The minimum absolute atomic E-state index is 0.234. The SMILES string of the molecule is CC1CC(c2ccc3c(c2)OCCO3)CN1CCO. The Kier molecular flexibility index (Phi) is 3.62. The molecule has 0 spiro atoms. The number of β-amino-alcohol motifs (C(OH)–C–C–N with tert-alkyl or cyclic N) is 1. The van der Waals surface area contributed by atoms with Crippen LogP contribution in [-0.2, 0) is 0 Å². The molecule has 3 rings (SSSR count). The van der Waals surface area contributed by atoms with Crippen LogP contribution >= 0.6 is 0 Å². The largest absolute Gasteiger partial charge is 0.486 e. The molecule has 0 radical (unpaired) electrons. The molecule has 2 aliphatic rings. The van der Waals surface area contributed by atoms with Gasteiger partial charge in [0.05, 0.1) is 6.61 Å². The fourth-order valence-electron chi connectivity index (χ4n) is 3.09. The Labute approximate surface area is 113 Å². The van der Waals surface area contributed by atoms with E-state index in [1.165, 1.54) is 5.56 Å². The van der Waals surface area contributed by atoms with Crippen molar-refractivity contribution in [2.24, 2.45) is 0 Å². The summed E-state index contributed by atoms with van der Waals surface area (Å²) in [7, 11) is 0. The lowest BCUT2D eigenvalue weighted by atomic mass is 9.96. The first kappa shape index (κ1) is 12.8. The first-order valence-electron chi connectivity index (χ1n) is 7.02. The molecule has 1 saturated heterocycles. The predicted octanol–water partition coefficient (Wildman–Crippen LogP) is 1.63. The van der Waals surface area contributed by atoms with Gasteiger partial charge in [0.25, 0.3) is 0 Å². The van der Waals surface area contributed by atoms with E-state index in [-0.39, 0.29) is 6.61 Å². The van der Waals surface area contributed by atoms with Crippen molar-refractivity contribution in [3.63, 3.8) is 0 Å². The highest BCUT2D eigenvalue weighted by Gasteiger charge is 2.30. The van der Waals surface area contributed by atoms with Crippen LogP contribution in [-0.4, -0.2) is 49.0 Å². The first-order valence-corrected chi connectivity index (χ1v) is 7.02. The number of likely N-dealkylation sites (tertiary alicyclic amines) is 1. The van der Waals surface area contributed by atoms with Gasteiger partial charge >= 0.3 is 0 Å². The Hall–Kier alpha value is -1.26. The van der Waals surface area contributed by atoms with Gasteiger partial charge in [-0.1, -0.05) is 6.07 Å².